The molecule has 1 saturated heterocycles. The van der Waals surface area contributed by atoms with Gasteiger partial charge in [0.15, 0.2) is 0 Å². The zero-order valence-corrected chi connectivity index (χ0v) is 16.9. The highest BCUT2D eigenvalue weighted by atomic mass is 35.5. The van der Waals surface area contributed by atoms with E-state index in [2.05, 4.69) is 6.07 Å². The van der Waals surface area contributed by atoms with Crippen LogP contribution >= 0.6 is 23.2 Å². The molecule has 1 aliphatic rings. The van der Waals surface area contributed by atoms with Crippen molar-refractivity contribution in [1.82, 2.24) is 4.31 Å². The third-order valence-electron chi connectivity index (χ3n) is 4.06. The summed E-state index contributed by atoms with van der Waals surface area (Å²) in [5.41, 5.74) is 0.384. The Hall–Kier alpha value is -1.23. The van der Waals surface area contributed by atoms with E-state index in [0.29, 0.717) is 30.3 Å². The van der Waals surface area contributed by atoms with Crippen LogP contribution in [-0.2, 0) is 21.8 Å². The van der Waals surface area contributed by atoms with Gasteiger partial charge < -0.3 is 0 Å². The van der Waals surface area contributed by atoms with Gasteiger partial charge in [-0.05, 0) is 49.2 Å². The quantitative estimate of drug-likeness (QED) is 0.720. The van der Waals surface area contributed by atoms with Gasteiger partial charge in [-0.2, -0.15) is 5.26 Å². The van der Waals surface area contributed by atoms with Crippen molar-refractivity contribution in [2.24, 2.45) is 0 Å². The Labute approximate surface area is 167 Å². The maximum Gasteiger partial charge on any atom is 0.128 e. The molecule has 0 N–H and O–H groups in total. The summed E-state index contributed by atoms with van der Waals surface area (Å²) in [5.74, 6) is 0. The summed E-state index contributed by atoms with van der Waals surface area (Å²) in [6.45, 7) is 1.44. The predicted octanol–water partition coefficient (Wildman–Crippen LogP) is 4.54. The fourth-order valence-corrected chi connectivity index (χ4v) is 6.39. The Bertz CT molecular complexity index is 902. The van der Waals surface area contributed by atoms with Gasteiger partial charge in [0.05, 0.1) is 32.2 Å². The predicted molar refractivity (Wildman–Crippen MR) is 104 cm³/mol. The van der Waals surface area contributed by atoms with Gasteiger partial charge in [0, 0.05) is 28.0 Å². The van der Waals surface area contributed by atoms with Gasteiger partial charge >= 0.3 is 0 Å². The Morgan fingerprint density at radius 2 is 1.58 bits per heavy atom. The van der Waals surface area contributed by atoms with Crippen LogP contribution in [0.4, 0.5) is 0 Å². The average Bonchev–Trinajstić information content (AvgIpc) is 2.66. The molecule has 1 fully saturated rings. The van der Waals surface area contributed by atoms with Crippen molar-refractivity contribution in [2.45, 2.75) is 33.9 Å². The molecule has 1 aliphatic heterocycles. The average molecular weight is 427 g/mol. The molecule has 0 amide bonds. The Balaban J connectivity index is 2.04. The maximum absolute atomic E-state index is 13.1. The fourth-order valence-electron chi connectivity index (χ4n) is 2.80. The van der Waals surface area contributed by atoms with Crippen LogP contribution in [0.15, 0.2) is 51.1 Å². The normalized spacial score (nSPS) is 17.4. The lowest BCUT2D eigenvalue weighted by atomic mass is 10.2. The third-order valence-corrected chi connectivity index (χ3v) is 7.59. The molecule has 1 heterocycles. The number of benzene rings is 2. The maximum atomic E-state index is 13.1. The zero-order chi connectivity index (χ0) is 18.7. The zero-order valence-electron chi connectivity index (χ0n) is 13.8. The molecular weight excluding hydrogens is 411 g/mol. The first kappa shape index (κ1) is 19.5. The van der Waals surface area contributed by atoms with Crippen LogP contribution in [0.1, 0.15) is 24.8 Å². The van der Waals surface area contributed by atoms with Gasteiger partial charge in [0.2, 0.25) is 0 Å². The van der Waals surface area contributed by atoms with Crippen LogP contribution in [0.5, 0.6) is 0 Å². The summed E-state index contributed by atoms with van der Waals surface area (Å²) in [7, 11) is -3.09. The Morgan fingerprint density at radius 1 is 0.923 bits per heavy atom. The van der Waals surface area contributed by atoms with E-state index in [-0.39, 0.29) is 0 Å². The number of halogens is 2. The fraction of sp³-hybridized carbons (Fsp3) is 0.278. The van der Waals surface area contributed by atoms with Crippen molar-refractivity contribution in [3.05, 3.63) is 52.0 Å². The third kappa shape index (κ3) is 4.36. The van der Waals surface area contributed by atoms with E-state index < -0.39 is 21.8 Å². The van der Waals surface area contributed by atoms with Crippen molar-refractivity contribution >= 4 is 45.0 Å². The monoisotopic (exact) mass is 426 g/mol. The molecule has 2 unspecified atom stereocenters. The first-order valence-corrected chi connectivity index (χ1v) is 11.1. The van der Waals surface area contributed by atoms with Gasteiger partial charge in [0.1, 0.15) is 11.0 Å². The second-order valence-electron chi connectivity index (χ2n) is 5.89. The van der Waals surface area contributed by atoms with Gasteiger partial charge in [-0.15, -0.1) is 0 Å². The summed E-state index contributed by atoms with van der Waals surface area (Å²) < 4.78 is 28.1. The first-order chi connectivity index (χ1) is 12.5. The van der Waals surface area contributed by atoms with Crippen LogP contribution < -0.4 is 0 Å². The van der Waals surface area contributed by atoms with E-state index >= 15 is 0 Å². The number of rotatable bonds is 4. The molecule has 2 aromatic carbocycles. The first-order valence-electron chi connectivity index (χ1n) is 8.08. The highest BCUT2D eigenvalue weighted by Crippen LogP contribution is 2.29. The van der Waals surface area contributed by atoms with Crippen molar-refractivity contribution < 1.29 is 8.42 Å². The van der Waals surface area contributed by atoms with E-state index in [0.717, 1.165) is 32.4 Å². The number of piperidine rings is 1. The summed E-state index contributed by atoms with van der Waals surface area (Å²) in [4.78, 5) is 1.25. The minimum Gasteiger partial charge on any atom is -0.249 e. The summed E-state index contributed by atoms with van der Waals surface area (Å²) in [6, 6.07) is 11.5. The van der Waals surface area contributed by atoms with Crippen molar-refractivity contribution in [3.8, 4) is 6.07 Å². The summed E-state index contributed by atoms with van der Waals surface area (Å²) in [6.07, 6.45) is 3.07. The molecule has 0 spiro atoms. The number of nitrogens with zero attached hydrogens (tertiary/aromatic N) is 2. The topological polar surface area (TPSA) is 61.2 Å². The van der Waals surface area contributed by atoms with Crippen LogP contribution in [-0.4, -0.2) is 25.8 Å². The van der Waals surface area contributed by atoms with E-state index in [1.807, 2.05) is 4.31 Å². The van der Waals surface area contributed by atoms with Gasteiger partial charge in [-0.3, -0.25) is 0 Å². The van der Waals surface area contributed by atoms with Gasteiger partial charge in [-0.1, -0.05) is 29.6 Å². The Morgan fingerprint density at radius 3 is 2.19 bits per heavy atom. The largest absolute Gasteiger partial charge is 0.249 e. The number of hydrogen-bond donors (Lipinski definition) is 0. The van der Waals surface area contributed by atoms with E-state index in [1.165, 1.54) is 0 Å². The highest BCUT2D eigenvalue weighted by molar-refractivity contribution is 7.87. The van der Waals surface area contributed by atoms with Crippen molar-refractivity contribution in [3.63, 3.8) is 0 Å². The lowest BCUT2D eigenvalue weighted by Gasteiger charge is -2.26. The molecule has 0 bridgehead atoms. The summed E-state index contributed by atoms with van der Waals surface area (Å²) in [5, 5.41) is 9.97. The van der Waals surface area contributed by atoms with E-state index in [1.54, 1.807) is 36.4 Å². The van der Waals surface area contributed by atoms with Crippen molar-refractivity contribution in [2.75, 3.05) is 13.1 Å². The smallest absolute Gasteiger partial charge is 0.128 e. The molecule has 0 aromatic heterocycles. The lowest BCUT2D eigenvalue weighted by Crippen LogP contribution is -2.32. The molecule has 2 atom stereocenters. The summed E-state index contributed by atoms with van der Waals surface area (Å²) >= 11 is 12.0. The molecule has 0 radical (unpaired) electrons. The van der Waals surface area contributed by atoms with Gasteiger partial charge in [-0.25, -0.2) is 12.7 Å². The van der Waals surface area contributed by atoms with E-state index in [4.69, 9.17) is 23.2 Å². The van der Waals surface area contributed by atoms with Crippen molar-refractivity contribution in [1.29, 1.82) is 5.26 Å². The Kier molecular flexibility index (Phi) is 6.49. The molecule has 2 aromatic rings. The molecule has 4 nitrogen and oxygen atoms in total. The van der Waals surface area contributed by atoms with Crippen LogP contribution in [0.3, 0.4) is 0 Å². The molecule has 0 saturated carbocycles. The second kappa shape index (κ2) is 8.64. The van der Waals surface area contributed by atoms with Gasteiger partial charge in [0.25, 0.3) is 0 Å². The number of nitriles is 1. The highest BCUT2D eigenvalue weighted by Gasteiger charge is 2.24. The molecule has 136 valence electrons. The van der Waals surface area contributed by atoms with Crippen LogP contribution in [0.2, 0.25) is 10.0 Å². The standard InChI is InChI=1S/C18H16Cl2N2O2S2/c19-14-9-15(20)11-16(10-14)25(23)17-5-4-13(12-21)8-18(17)26(24)22-6-2-1-3-7-22/h4-5,8-11H,1-3,6-7H2. The number of hydrogen-bond acceptors (Lipinski definition) is 3. The van der Waals surface area contributed by atoms with Crippen LogP contribution in [0, 0.1) is 11.3 Å². The molecule has 3 rings (SSSR count). The van der Waals surface area contributed by atoms with Crippen LogP contribution in [0.25, 0.3) is 0 Å². The minimum absolute atomic E-state index is 0.383. The minimum atomic E-state index is -1.61. The molecule has 8 heteroatoms. The lowest BCUT2D eigenvalue weighted by molar-refractivity contribution is 0.365. The molecular formula is C18H16Cl2N2O2S2. The second-order valence-corrected chi connectivity index (χ2v) is 9.66. The van der Waals surface area contributed by atoms with E-state index in [9.17, 15) is 13.7 Å². The SMILES string of the molecule is N#Cc1ccc(S(=O)c2cc(Cl)cc(Cl)c2)c(S(=O)N2CCCCC2)c1. The molecule has 0 aliphatic carbocycles. The molecule has 26 heavy (non-hydrogen) atoms.